The highest BCUT2D eigenvalue weighted by Gasteiger charge is 2.21. The first-order valence-electron chi connectivity index (χ1n) is 5.88. The fourth-order valence-electron chi connectivity index (χ4n) is 1.46. The first kappa shape index (κ1) is 16.9. The second kappa shape index (κ2) is 7.05. The van der Waals surface area contributed by atoms with Gasteiger partial charge in [0.2, 0.25) is 8.87 Å². The zero-order chi connectivity index (χ0) is 15.3. The summed E-state index contributed by atoms with van der Waals surface area (Å²) < 4.78 is 24.7. The Morgan fingerprint density at radius 2 is 1.95 bits per heavy atom. The topological polar surface area (TPSA) is 74.7 Å². The minimum Gasteiger partial charge on any atom is -0.478 e. The summed E-state index contributed by atoms with van der Waals surface area (Å²) in [4.78, 5) is 12.6. The first-order chi connectivity index (χ1) is 9.31. The quantitative estimate of drug-likeness (QED) is 0.655. The molecular weight excluding hydrogens is 318 g/mol. The Bertz CT molecular complexity index is 609. The third-order valence-corrected chi connectivity index (χ3v) is 6.56. The molecule has 5 nitrogen and oxygen atoms in total. The molecule has 1 rings (SSSR count). The average molecular weight is 333 g/mol. The molecule has 0 unspecified atom stereocenters. The standard InChI is InChI=1S/C12H15NO4S3/c1-3-13(4-2)12(18)19-20(16,17)10-7-5-6-9(8-10)11(14)15/h5-8H,3-4H2,1-2H3,(H,14,15). The van der Waals surface area contributed by atoms with Gasteiger partial charge in [0.05, 0.1) is 10.5 Å². The van der Waals surface area contributed by atoms with E-state index < -0.39 is 14.8 Å². The molecule has 0 fully saturated rings. The molecule has 0 saturated heterocycles. The minimum absolute atomic E-state index is 0.0584. The predicted molar refractivity (Wildman–Crippen MR) is 83.7 cm³/mol. The molecule has 8 heteroatoms. The first-order valence-corrected chi connectivity index (χ1v) is 9.11. The van der Waals surface area contributed by atoms with E-state index in [1.807, 2.05) is 13.8 Å². The van der Waals surface area contributed by atoms with Crippen molar-refractivity contribution < 1.29 is 18.3 Å². The second-order valence-electron chi connectivity index (χ2n) is 3.81. The zero-order valence-corrected chi connectivity index (χ0v) is 13.5. The van der Waals surface area contributed by atoms with Gasteiger partial charge in [-0.25, -0.2) is 13.2 Å². The third kappa shape index (κ3) is 4.19. The van der Waals surface area contributed by atoms with Gasteiger partial charge >= 0.3 is 5.97 Å². The van der Waals surface area contributed by atoms with Crippen LogP contribution in [-0.2, 0) is 8.87 Å². The van der Waals surface area contributed by atoms with Gasteiger partial charge in [-0.3, -0.25) is 0 Å². The van der Waals surface area contributed by atoms with Crippen LogP contribution >= 0.6 is 23.0 Å². The molecular formula is C12H15NO4S3. The summed E-state index contributed by atoms with van der Waals surface area (Å²) in [6.07, 6.45) is 0. The highest BCUT2D eigenvalue weighted by molar-refractivity contribution is 8.79. The molecule has 0 aliphatic heterocycles. The zero-order valence-electron chi connectivity index (χ0n) is 11.1. The second-order valence-corrected chi connectivity index (χ2v) is 8.20. The minimum atomic E-state index is -3.71. The van der Waals surface area contributed by atoms with Crippen LogP contribution in [0.5, 0.6) is 0 Å². The van der Waals surface area contributed by atoms with Crippen LogP contribution in [0, 0.1) is 0 Å². The molecule has 0 bridgehead atoms. The van der Waals surface area contributed by atoms with Crippen molar-refractivity contribution in [2.75, 3.05) is 13.1 Å². The van der Waals surface area contributed by atoms with Crippen molar-refractivity contribution in [3.8, 4) is 0 Å². The number of carbonyl (C=O) groups is 1. The van der Waals surface area contributed by atoms with Crippen molar-refractivity contribution >= 4 is 42.2 Å². The lowest BCUT2D eigenvalue weighted by Crippen LogP contribution is -2.27. The van der Waals surface area contributed by atoms with Crippen LogP contribution in [0.15, 0.2) is 29.2 Å². The van der Waals surface area contributed by atoms with Crippen molar-refractivity contribution in [2.24, 2.45) is 0 Å². The van der Waals surface area contributed by atoms with E-state index in [1.54, 1.807) is 4.90 Å². The van der Waals surface area contributed by atoms with Gasteiger partial charge in [-0.2, -0.15) is 0 Å². The van der Waals surface area contributed by atoms with Crippen molar-refractivity contribution in [2.45, 2.75) is 18.7 Å². The van der Waals surface area contributed by atoms with Gasteiger partial charge < -0.3 is 10.0 Å². The number of nitrogens with zero attached hydrogens (tertiary/aromatic N) is 1. The molecule has 0 spiro atoms. The van der Waals surface area contributed by atoms with Crippen molar-refractivity contribution in [1.29, 1.82) is 0 Å². The van der Waals surface area contributed by atoms with E-state index in [0.717, 1.165) is 6.07 Å². The monoisotopic (exact) mass is 333 g/mol. The van der Waals surface area contributed by atoms with Crippen molar-refractivity contribution in [3.05, 3.63) is 29.8 Å². The molecule has 1 aromatic carbocycles. The molecule has 0 aliphatic carbocycles. The molecule has 20 heavy (non-hydrogen) atoms. The highest BCUT2D eigenvalue weighted by atomic mass is 33.1. The van der Waals surface area contributed by atoms with E-state index in [2.05, 4.69) is 0 Å². The smallest absolute Gasteiger partial charge is 0.335 e. The number of benzene rings is 1. The Morgan fingerprint density at radius 3 is 2.45 bits per heavy atom. The number of hydrogen-bond donors (Lipinski definition) is 1. The Labute approximate surface area is 127 Å². The molecule has 0 amide bonds. The van der Waals surface area contributed by atoms with Crippen LogP contribution in [0.1, 0.15) is 24.2 Å². The third-order valence-electron chi connectivity index (χ3n) is 2.57. The lowest BCUT2D eigenvalue weighted by molar-refractivity contribution is 0.0696. The number of hydrogen-bond acceptors (Lipinski definition) is 5. The number of carboxylic acid groups (broad SMARTS) is 1. The highest BCUT2D eigenvalue weighted by Crippen LogP contribution is 2.26. The Kier molecular flexibility index (Phi) is 5.97. The van der Waals surface area contributed by atoms with Gasteiger partial charge in [0.25, 0.3) is 0 Å². The van der Waals surface area contributed by atoms with E-state index in [1.165, 1.54) is 18.2 Å². The van der Waals surface area contributed by atoms with E-state index in [4.69, 9.17) is 17.3 Å². The summed E-state index contributed by atoms with van der Waals surface area (Å²) in [5.41, 5.74) is -0.0690. The van der Waals surface area contributed by atoms with Crippen molar-refractivity contribution in [3.63, 3.8) is 0 Å². The summed E-state index contributed by atoms with van der Waals surface area (Å²) in [6.45, 7) is 5.00. The average Bonchev–Trinajstić information content (AvgIpc) is 2.39. The van der Waals surface area contributed by atoms with E-state index in [9.17, 15) is 13.2 Å². The Balaban J connectivity index is 3.03. The number of aromatic carboxylic acids is 1. The summed E-state index contributed by atoms with van der Waals surface area (Å²) >= 11 is 5.10. The number of rotatable bonds is 5. The van der Waals surface area contributed by atoms with Gasteiger partial charge in [0, 0.05) is 23.9 Å². The van der Waals surface area contributed by atoms with Crippen LogP contribution in [0.2, 0.25) is 0 Å². The van der Waals surface area contributed by atoms with E-state index in [0.29, 0.717) is 23.9 Å². The molecule has 1 aromatic rings. The maximum Gasteiger partial charge on any atom is 0.335 e. The molecule has 1 N–H and O–H groups in total. The summed E-state index contributed by atoms with van der Waals surface area (Å²) in [7, 11) is -3.14. The molecule has 0 radical (unpaired) electrons. The SMILES string of the molecule is CCN(CC)C(=S)SS(=O)(=O)c1cccc(C(=O)O)c1. The maximum absolute atomic E-state index is 12.2. The predicted octanol–water partition coefficient (Wildman–Crippen LogP) is 2.43. The van der Waals surface area contributed by atoms with Gasteiger partial charge in [0.15, 0.2) is 4.32 Å². The van der Waals surface area contributed by atoms with Crippen LogP contribution < -0.4 is 0 Å². The molecule has 0 heterocycles. The Morgan fingerprint density at radius 1 is 1.35 bits per heavy atom. The summed E-state index contributed by atoms with van der Waals surface area (Å²) in [5, 5.41) is 8.89. The molecule has 110 valence electrons. The van der Waals surface area contributed by atoms with E-state index >= 15 is 0 Å². The number of carboxylic acids is 1. The maximum atomic E-state index is 12.2. The van der Waals surface area contributed by atoms with Gasteiger partial charge in [-0.05, 0) is 32.0 Å². The number of thiocarbonyl (C=S) groups is 1. The van der Waals surface area contributed by atoms with Crippen LogP contribution in [0.3, 0.4) is 0 Å². The van der Waals surface area contributed by atoms with Crippen LogP contribution in [0.4, 0.5) is 0 Å². The lowest BCUT2D eigenvalue weighted by Gasteiger charge is -2.20. The van der Waals surface area contributed by atoms with Gasteiger partial charge in [0.1, 0.15) is 0 Å². The largest absolute Gasteiger partial charge is 0.478 e. The fourth-order valence-corrected chi connectivity index (χ4v) is 5.17. The summed E-state index contributed by atoms with van der Waals surface area (Å²) in [6, 6.07) is 5.24. The van der Waals surface area contributed by atoms with Gasteiger partial charge in [-0.15, -0.1) is 0 Å². The molecule has 0 atom stereocenters. The van der Waals surface area contributed by atoms with E-state index in [-0.39, 0.29) is 14.8 Å². The van der Waals surface area contributed by atoms with Crippen molar-refractivity contribution in [1.82, 2.24) is 4.90 Å². The molecule has 0 saturated carbocycles. The normalized spacial score (nSPS) is 11.1. The van der Waals surface area contributed by atoms with Crippen LogP contribution in [0.25, 0.3) is 0 Å². The summed E-state index contributed by atoms with van der Waals surface area (Å²) in [5.74, 6) is -1.17. The lowest BCUT2D eigenvalue weighted by atomic mass is 10.2. The molecule has 0 aromatic heterocycles. The molecule has 0 aliphatic rings. The van der Waals surface area contributed by atoms with Gasteiger partial charge in [-0.1, -0.05) is 18.3 Å². The fraction of sp³-hybridized carbons (Fsp3) is 0.333. The van der Waals surface area contributed by atoms with Crippen LogP contribution in [-0.4, -0.2) is 41.8 Å². The Hall–Kier alpha value is -1.12.